The lowest BCUT2D eigenvalue weighted by atomic mass is 10.1. The molecule has 0 saturated heterocycles. The van der Waals surface area contributed by atoms with Gasteiger partial charge in [0.25, 0.3) is 10.0 Å². The molecule has 0 aliphatic heterocycles. The maximum atomic E-state index is 13.9. The second-order valence-corrected chi connectivity index (χ2v) is 12.0. The number of benzene rings is 3. The van der Waals surface area contributed by atoms with E-state index in [0.29, 0.717) is 27.8 Å². The molecule has 0 radical (unpaired) electrons. The first-order valence-electron chi connectivity index (χ1n) is 12.7. The van der Waals surface area contributed by atoms with Crippen molar-refractivity contribution in [3.63, 3.8) is 0 Å². The van der Waals surface area contributed by atoms with Gasteiger partial charge >= 0.3 is 0 Å². The zero-order chi connectivity index (χ0) is 28.6. The summed E-state index contributed by atoms with van der Waals surface area (Å²) in [5, 5.41) is 3.75. The predicted molar refractivity (Wildman–Crippen MR) is 157 cm³/mol. The summed E-state index contributed by atoms with van der Waals surface area (Å²) in [4.78, 5) is 28.3. The number of hydrogen-bond donors (Lipinski definition) is 1. The second kappa shape index (κ2) is 13.8. The van der Waals surface area contributed by atoms with E-state index in [-0.39, 0.29) is 17.3 Å². The Kier molecular flexibility index (Phi) is 10.8. The highest BCUT2D eigenvalue weighted by Gasteiger charge is 2.32. The van der Waals surface area contributed by atoms with Crippen LogP contribution in [0.25, 0.3) is 0 Å². The van der Waals surface area contributed by atoms with Crippen LogP contribution >= 0.6 is 23.2 Å². The van der Waals surface area contributed by atoms with Crippen LogP contribution in [0, 0.1) is 6.92 Å². The molecule has 0 aliphatic rings. The van der Waals surface area contributed by atoms with E-state index in [2.05, 4.69) is 5.32 Å². The summed E-state index contributed by atoms with van der Waals surface area (Å²) in [5.74, 6) is -0.853. The van der Waals surface area contributed by atoms with Crippen molar-refractivity contribution in [1.82, 2.24) is 10.2 Å². The molecule has 0 unspecified atom stereocenters. The third-order valence-electron chi connectivity index (χ3n) is 6.21. The number of sulfonamides is 1. The fourth-order valence-corrected chi connectivity index (χ4v) is 5.74. The third-order valence-corrected chi connectivity index (χ3v) is 8.48. The molecule has 0 spiro atoms. The van der Waals surface area contributed by atoms with Crippen LogP contribution in [-0.2, 0) is 26.2 Å². The molecule has 10 heteroatoms. The average molecular weight is 591 g/mol. The van der Waals surface area contributed by atoms with E-state index in [1.54, 1.807) is 49.4 Å². The topological polar surface area (TPSA) is 86.8 Å². The molecule has 7 nitrogen and oxygen atoms in total. The number of nitrogens with one attached hydrogen (secondary N) is 1. The predicted octanol–water partition coefficient (Wildman–Crippen LogP) is 5.83. The highest BCUT2D eigenvalue weighted by atomic mass is 35.5. The van der Waals surface area contributed by atoms with Crippen LogP contribution in [0.4, 0.5) is 5.69 Å². The van der Waals surface area contributed by atoms with Crippen molar-refractivity contribution in [3.8, 4) is 0 Å². The van der Waals surface area contributed by atoms with Crippen LogP contribution in [0.2, 0.25) is 10.0 Å². The van der Waals surface area contributed by atoms with E-state index in [0.717, 1.165) is 22.7 Å². The zero-order valence-corrected chi connectivity index (χ0v) is 24.6. The van der Waals surface area contributed by atoms with Crippen molar-refractivity contribution in [3.05, 3.63) is 94.0 Å². The average Bonchev–Trinajstić information content (AvgIpc) is 2.90. The lowest BCUT2D eigenvalue weighted by Crippen LogP contribution is -2.51. The third kappa shape index (κ3) is 8.21. The van der Waals surface area contributed by atoms with Crippen molar-refractivity contribution in [2.45, 2.75) is 51.1 Å². The van der Waals surface area contributed by atoms with Crippen molar-refractivity contribution in [1.29, 1.82) is 0 Å². The molecule has 0 heterocycles. The summed E-state index contributed by atoms with van der Waals surface area (Å²) in [5.41, 5.74) is 1.88. The first kappa shape index (κ1) is 30.5. The molecule has 3 aromatic rings. The van der Waals surface area contributed by atoms with Crippen molar-refractivity contribution >= 4 is 50.7 Å². The number of carbonyl (C=O) groups is 2. The smallest absolute Gasteiger partial charge is 0.264 e. The number of carbonyl (C=O) groups excluding carboxylic acids is 2. The number of anilines is 1. The Morgan fingerprint density at radius 1 is 0.949 bits per heavy atom. The molecule has 1 N–H and O–H groups in total. The van der Waals surface area contributed by atoms with Gasteiger partial charge < -0.3 is 10.2 Å². The minimum absolute atomic E-state index is 0.00652. The summed E-state index contributed by atoms with van der Waals surface area (Å²) in [7, 11) is -4.15. The van der Waals surface area contributed by atoms with Crippen LogP contribution in [-0.4, -0.2) is 44.3 Å². The first-order valence-corrected chi connectivity index (χ1v) is 14.9. The highest BCUT2D eigenvalue weighted by molar-refractivity contribution is 7.92. The fourth-order valence-electron chi connectivity index (χ4n) is 4.00. The van der Waals surface area contributed by atoms with Gasteiger partial charge in [-0.15, -0.1) is 0 Å². The maximum absolute atomic E-state index is 13.9. The first-order chi connectivity index (χ1) is 18.5. The van der Waals surface area contributed by atoms with Crippen molar-refractivity contribution < 1.29 is 18.0 Å². The SMILES string of the molecule is CCCCNC(=O)[C@@H](C)N(Cc1cccc(Cl)c1)C(=O)CN(c1cccc(C)c1)S(=O)(=O)c1ccc(Cl)cc1. The van der Waals surface area contributed by atoms with Gasteiger partial charge in [-0.05, 0) is 79.9 Å². The number of halogens is 2. The van der Waals surface area contributed by atoms with Crippen LogP contribution < -0.4 is 9.62 Å². The molecule has 2 amide bonds. The monoisotopic (exact) mass is 589 g/mol. The van der Waals surface area contributed by atoms with Gasteiger partial charge in [-0.1, -0.05) is 60.8 Å². The van der Waals surface area contributed by atoms with Gasteiger partial charge in [-0.25, -0.2) is 8.42 Å². The van der Waals surface area contributed by atoms with Gasteiger partial charge in [0.2, 0.25) is 11.8 Å². The molecule has 0 saturated carbocycles. The summed E-state index contributed by atoms with van der Waals surface area (Å²) in [6, 6.07) is 18.8. The van der Waals surface area contributed by atoms with Crippen LogP contribution in [0.5, 0.6) is 0 Å². The van der Waals surface area contributed by atoms with Gasteiger partial charge in [0.15, 0.2) is 0 Å². The lowest BCUT2D eigenvalue weighted by Gasteiger charge is -2.32. The van der Waals surface area contributed by atoms with Gasteiger partial charge in [-0.3, -0.25) is 13.9 Å². The molecule has 208 valence electrons. The highest BCUT2D eigenvalue weighted by Crippen LogP contribution is 2.26. The maximum Gasteiger partial charge on any atom is 0.264 e. The van der Waals surface area contributed by atoms with Gasteiger partial charge in [0.1, 0.15) is 12.6 Å². The minimum Gasteiger partial charge on any atom is -0.354 e. The molecule has 3 rings (SSSR count). The summed E-state index contributed by atoms with van der Waals surface area (Å²) in [6.07, 6.45) is 1.72. The molecule has 0 aliphatic carbocycles. The molecule has 1 atom stereocenters. The van der Waals surface area contributed by atoms with Crippen molar-refractivity contribution in [2.75, 3.05) is 17.4 Å². The fraction of sp³-hybridized carbons (Fsp3) is 0.310. The molecule has 39 heavy (non-hydrogen) atoms. The quantitative estimate of drug-likeness (QED) is 0.269. The number of nitrogens with zero attached hydrogens (tertiary/aromatic N) is 2. The number of rotatable bonds is 12. The van der Waals surface area contributed by atoms with E-state index in [1.807, 2.05) is 19.9 Å². The largest absolute Gasteiger partial charge is 0.354 e. The van der Waals surface area contributed by atoms with E-state index >= 15 is 0 Å². The Hall–Kier alpha value is -3.07. The van der Waals surface area contributed by atoms with Crippen molar-refractivity contribution in [2.24, 2.45) is 0 Å². The zero-order valence-electron chi connectivity index (χ0n) is 22.2. The number of aryl methyl sites for hydroxylation is 1. The molecule has 0 aromatic heterocycles. The lowest BCUT2D eigenvalue weighted by molar-refractivity contribution is -0.139. The van der Waals surface area contributed by atoms with E-state index in [9.17, 15) is 18.0 Å². The van der Waals surface area contributed by atoms with Crippen LogP contribution in [0.3, 0.4) is 0 Å². The van der Waals surface area contributed by atoms with E-state index in [4.69, 9.17) is 23.2 Å². The molecule has 0 fully saturated rings. The van der Waals surface area contributed by atoms with Crippen LogP contribution in [0.15, 0.2) is 77.7 Å². The Labute approximate surface area is 240 Å². The summed E-state index contributed by atoms with van der Waals surface area (Å²) >= 11 is 12.2. The molecule has 0 bridgehead atoms. The molecule has 3 aromatic carbocycles. The normalized spacial score (nSPS) is 12.0. The second-order valence-electron chi connectivity index (χ2n) is 9.28. The van der Waals surface area contributed by atoms with Gasteiger partial charge in [-0.2, -0.15) is 0 Å². The summed E-state index contributed by atoms with van der Waals surface area (Å²) in [6.45, 7) is 5.54. The number of unbranched alkanes of at least 4 members (excludes halogenated alkanes) is 1. The Bertz CT molecular complexity index is 1400. The Morgan fingerprint density at radius 3 is 2.28 bits per heavy atom. The van der Waals surface area contributed by atoms with E-state index < -0.39 is 28.5 Å². The van der Waals surface area contributed by atoms with Crippen LogP contribution in [0.1, 0.15) is 37.8 Å². The number of hydrogen-bond acceptors (Lipinski definition) is 4. The molecular formula is C29H33Cl2N3O4S. The molecular weight excluding hydrogens is 557 g/mol. The Balaban J connectivity index is 2.00. The number of amides is 2. The standard InChI is InChI=1S/C29H33Cl2N3O4S/c1-4-5-16-32-29(36)22(3)33(19-23-9-7-10-25(31)18-23)28(35)20-34(26-11-6-8-21(2)17-26)39(37,38)27-14-12-24(30)13-15-27/h6-15,17-18,22H,4-5,16,19-20H2,1-3H3,(H,32,36)/t22-/m1/s1. The summed E-state index contributed by atoms with van der Waals surface area (Å²) < 4.78 is 28.7. The van der Waals surface area contributed by atoms with Gasteiger partial charge in [0.05, 0.1) is 10.6 Å². The van der Waals surface area contributed by atoms with Gasteiger partial charge in [0, 0.05) is 23.1 Å². The Morgan fingerprint density at radius 2 is 1.64 bits per heavy atom. The van der Waals surface area contributed by atoms with E-state index in [1.165, 1.54) is 29.2 Å². The minimum atomic E-state index is -4.15.